The van der Waals surface area contributed by atoms with Crippen LogP contribution in [0.5, 0.6) is 0 Å². The van der Waals surface area contributed by atoms with Crippen molar-refractivity contribution in [3.8, 4) is 0 Å². The summed E-state index contributed by atoms with van der Waals surface area (Å²) < 4.78 is 2.82. The van der Waals surface area contributed by atoms with Crippen LogP contribution in [0.1, 0.15) is 5.56 Å². The molecule has 0 unspecified atom stereocenters. The number of hydrogen-bond donors (Lipinski definition) is 3. The Morgan fingerprint density at radius 2 is 1.96 bits per heavy atom. The third-order valence-corrected chi connectivity index (χ3v) is 3.51. The van der Waals surface area contributed by atoms with Crippen molar-refractivity contribution >= 4 is 33.4 Å². The molecule has 0 atom stereocenters. The van der Waals surface area contributed by atoms with Crippen LogP contribution in [0.25, 0.3) is 0 Å². The van der Waals surface area contributed by atoms with Crippen LogP contribution in [0.15, 0.2) is 41.1 Å². The Hall–Kier alpha value is -2.19. The van der Waals surface area contributed by atoms with E-state index in [0.717, 1.165) is 23.0 Å². The van der Waals surface area contributed by atoms with Crippen molar-refractivity contribution in [2.75, 3.05) is 18.4 Å². The van der Waals surface area contributed by atoms with Gasteiger partial charge < -0.3 is 16.4 Å². The fourth-order valence-corrected chi connectivity index (χ4v) is 2.24. The number of carbonyl (C=O) groups is 2. The number of amides is 2. The van der Waals surface area contributed by atoms with Crippen LogP contribution >= 0.6 is 15.9 Å². The molecule has 1 aromatic heterocycles. The summed E-state index contributed by atoms with van der Waals surface area (Å²) in [5.74, 6) is -0.651. The van der Waals surface area contributed by atoms with Gasteiger partial charge in [-0.3, -0.25) is 14.3 Å². The van der Waals surface area contributed by atoms with E-state index in [0.29, 0.717) is 5.69 Å². The molecule has 0 saturated heterocycles. The second-order valence-electron chi connectivity index (χ2n) is 4.90. The van der Waals surface area contributed by atoms with E-state index in [9.17, 15) is 9.59 Å². The summed E-state index contributed by atoms with van der Waals surface area (Å²) in [7, 11) is 0. The van der Waals surface area contributed by atoms with Crippen LogP contribution in [0, 0.1) is 0 Å². The van der Waals surface area contributed by atoms with Gasteiger partial charge in [-0.25, -0.2) is 0 Å². The van der Waals surface area contributed by atoms with Crippen molar-refractivity contribution in [3.05, 3.63) is 46.7 Å². The second-order valence-corrected chi connectivity index (χ2v) is 5.81. The highest BCUT2D eigenvalue weighted by atomic mass is 79.9. The lowest BCUT2D eigenvalue weighted by Gasteiger charge is -2.07. The first-order valence-corrected chi connectivity index (χ1v) is 7.89. The quantitative estimate of drug-likeness (QED) is 0.664. The second kappa shape index (κ2) is 8.44. The van der Waals surface area contributed by atoms with Gasteiger partial charge in [-0.05, 0) is 40.0 Å². The lowest BCUT2D eigenvalue weighted by molar-refractivity contribution is -0.123. The number of benzene rings is 1. The van der Waals surface area contributed by atoms with Crippen molar-refractivity contribution in [1.82, 2.24) is 15.1 Å². The summed E-state index contributed by atoms with van der Waals surface area (Å²) in [5, 5.41) is 9.32. The number of aromatic nitrogens is 2. The summed E-state index contributed by atoms with van der Waals surface area (Å²) in [6.07, 6.45) is 4.52. The van der Waals surface area contributed by atoms with Gasteiger partial charge in [0.15, 0.2) is 0 Å². The maximum atomic E-state index is 11.6. The van der Waals surface area contributed by atoms with Crippen molar-refractivity contribution in [1.29, 1.82) is 0 Å². The number of nitrogens with one attached hydrogen (secondary N) is 2. The van der Waals surface area contributed by atoms with E-state index in [2.05, 4.69) is 31.7 Å². The highest BCUT2D eigenvalue weighted by Crippen LogP contribution is 2.11. The first-order chi connectivity index (χ1) is 11.1. The maximum absolute atomic E-state index is 11.6. The summed E-state index contributed by atoms with van der Waals surface area (Å²) in [6, 6.07) is 7.56. The lowest BCUT2D eigenvalue weighted by atomic mass is 10.1. The van der Waals surface area contributed by atoms with E-state index in [4.69, 9.17) is 5.73 Å². The average Bonchev–Trinajstić information content (AvgIpc) is 2.97. The normalized spacial score (nSPS) is 10.3. The SMILES string of the molecule is NCC(=O)NCC(=O)Nc1ccc(CCn2cc(Br)cn2)cc1. The minimum absolute atomic E-state index is 0.0913. The van der Waals surface area contributed by atoms with Crippen LogP contribution in [-0.4, -0.2) is 34.7 Å². The van der Waals surface area contributed by atoms with E-state index < -0.39 is 0 Å². The molecule has 1 aromatic carbocycles. The number of carbonyl (C=O) groups excluding carboxylic acids is 2. The number of halogens is 1. The Bertz CT molecular complexity index is 669. The van der Waals surface area contributed by atoms with E-state index in [1.54, 1.807) is 6.20 Å². The average molecular weight is 380 g/mol. The van der Waals surface area contributed by atoms with Crippen LogP contribution < -0.4 is 16.4 Å². The zero-order valence-electron chi connectivity index (χ0n) is 12.5. The van der Waals surface area contributed by atoms with E-state index >= 15 is 0 Å². The molecule has 0 spiro atoms. The third-order valence-electron chi connectivity index (χ3n) is 3.10. The van der Waals surface area contributed by atoms with Gasteiger partial charge in [0.25, 0.3) is 0 Å². The Balaban J connectivity index is 1.79. The minimum atomic E-state index is -0.360. The molecule has 0 bridgehead atoms. The zero-order chi connectivity index (χ0) is 16.7. The highest BCUT2D eigenvalue weighted by molar-refractivity contribution is 9.10. The molecule has 2 rings (SSSR count). The Morgan fingerprint density at radius 1 is 1.22 bits per heavy atom. The molecule has 0 radical (unpaired) electrons. The predicted molar refractivity (Wildman–Crippen MR) is 90.8 cm³/mol. The van der Waals surface area contributed by atoms with Gasteiger partial charge >= 0.3 is 0 Å². The molecule has 0 saturated carbocycles. The zero-order valence-corrected chi connectivity index (χ0v) is 14.0. The maximum Gasteiger partial charge on any atom is 0.243 e. The largest absolute Gasteiger partial charge is 0.346 e. The van der Waals surface area contributed by atoms with Crippen LogP contribution in [0.4, 0.5) is 5.69 Å². The highest BCUT2D eigenvalue weighted by Gasteiger charge is 2.04. The molecule has 2 aromatic rings. The van der Waals surface area contributed by atoms with Gasteiger partial charge in [-0.15, -0.1) is 0 Å². The first kappa shape index (κ1) is 17.2. The van der Waals surface area contributed by atoms with E-state index in [1.807, 2.05) is 35.1 Å². The molecule has 0 aliphatic rings. The fraction of sp³-hybridized carbons (Fsp3) is 0.267. The number of rotatable bonds is 7. The molecule has 0 aliphatic heterocycles. The van der Waals surface area contributed by atoms with Crippen molar-refractivity contribution in [2.45, 2.75) is 13.0 Å². The van der Waals surface area contributed by atoms with Gasteiger partial charge in [0.2, 0.25) is 11.8 Å². The van der Waals surface area contributed by atoms with Crippen molar-refractivity contribution in [3.63, 3.8) is 0 Å². The minimum Gasteiger partial charge on any atom is -0.346 e. The smallest absolute Gasteiger partial charge is 0.243 e. The standard InChI is InChI=1S/C15H18BrN5O2/c16-12-8-19-21(10-12)6-5-11-1-3-13(4-2-11)20-15(23)9-18-14(22)7-17/h1-4,8,10H,5-7,9,17H2,(H,18,22)(H,20,23). The Labute approximate surface area is 142 Å². The number of anilines is 1. The molecular formula is C15H18BrN5O2. The first-order valence-electron chi connectivity index (χ1n) is 7.10. The molecule has 23 heavy (non-hydrogen) atoms. The molecule has 0 fully saturated rings. The Kier molecular flexibility index (Phi) is 6.30. The molecule has 1 heterocycles. The van der Waals surface area contributed by atoms with E-state index in [1.165, 1.54) is 0 Å². The summed E-state index contributed by atoms with van der Waals surface area (Å²) in [6.45, 7) is 0.559. The van der Waals surface area contributed by atoms with Crippen LogP contribution in [0.3, 0.4) is 0 Å². The van der Waals surface area contributed by atoms with Gasteiger partial charge in [0, 0.05) is 18.4 Å². The molecule has 122 valence electrons. The van der Waals surface area contributed by atoms with Crippen molar-refractivity contribution in [2.24, 2.45) is 5.73 Å². The van der Waals surface area contributed by atoms with E-state index in [-0.39, 0.29) is 24.9 Å². The van der Waals surface area contributed by atoms with Crippen molar-refractivity contribution < 1.29 is 9.59 Å². The number of nitrogens with zero attached hydrogens (tertiary/aromatic N) is 2. The monoisotopic (exact) mass is 379 g/mol. The third kappa shape index (κ3) is 5.84. The molecule has 4 N–H and O–H groups in total. The molecule has 7 nitrogen and oxygen atoms in total. The van der Waals surface area contributed by atoms with Crippen LogP contribution in [0.2, 0.25) is 0 Å². The van der Waals surface area contributed by atoms with Gasteiger partial charge in [-0.1, -0.05) is 12.1 Å². The number of hydrogen-bond acceptors (Lipinski definition) is 4. The number of aryl methyl sites for hydroxylation is 2. The number of nitrogens with two attached hydrogens (primary N) is 1. The predicted octanol–water partition coefficient (Wildman–Crippen LogP) is 0.902. The summed E-state index contributed by atoms with van der Waals surface area (Å²) in [5.41, 5.74) is 6.97. The fourth-order valence-electron chi connectivity index (χ4n) is 1.92. The summed E-state index contributed by atoms with van der Waals surface area (Å²) in [4.78, 5) is 22.6. The van der Waals surface area contributed by atoms with Gasteiger partial charge in [-0.2, -0.15) is 5.10 Å². The molecule has 0 aliphatic carbocycles. The van der Waals surface area contributed by atoms with Gasteiger partial charge in [0.05, 0.1) is 23.8 Å². The summed E-state index contributed by atoms with van der Waals surface area (Å²) >= 11 is 3.36. The van der Waals surface area contributed by atoms with Crippen LogP contribution in [-0.2, 0) is 22.6 Å². The molecular weight excluding hydrogens is 362 g/mol. The lowest BCUT2D eigenvalue weighted by Crippen LogP contribution is -2.36. The molecule has 8 heteroatoms. The molecule has 2 amide bonds. The topological polar surface area (TPSA) is 102 Å². The Morgan fingerprint density at radius 3 is 2.57 bits per heavy atom. The van der Waals surface area contributed by atoms with Gasteiger partial charge in [0.1, 0.15) is 0 Å².